The molecule has 0 radical (unpaired) electrons. The highest BCUT2D eigenvalue weighted by atomic mass is 16.5. The third-order valence-electron chi connectivity index (χ3n) is 4.33. The first-order chi connectivity index (χ1) is 11.7. The highest BCUT2D eigenvalue weighted by molar-refractivity contribution is 5.15. The fourth-order valence-corrected chi connectivity index (χ4v) is 2.85. The molecule has 0 amide bonds. The van der Waals surface area contributed by atoms with E-state index in [0.717, 1.165) is 32.3 Å². The van der Waals surface area contributed by atoms with Crippen LogP contribution in [0.4, 0.5) is 0 Å². The number of rotatable bonds is 11. The van der Waals surface area contributed by atoms with Crippen molar-refractivity contribution in [2.45, 2.75) is 45.1 Å². The van der Waals surface area contributed by atoms with Gasteiger partial charge in [0.05, 0.1) is 12.7 Å². The van der Waals surface area contributed by atoms with Crippen molar-refractivity contribution in [2.75, 3.05) is 13.2 Å². The summed E-state index contributed by atoms with van der Waals surface area (Å²) in [5.41, 5.74) is 2.67. The van der Waals surface area contributed by atoms with Crippen LogP contribution in [-0.4, -0.2) is 24.4 Å². The lowest BCUT2D eigenvalue weighted by Gasteiger charge is -2.15. The first-order valence-electron chi connectivity index (χ1n) is 9.07. The molecule has 0 aliphatic heterocycles. The van der Waals surface area contributed by atoms with Crippen LogP contribution in [0.1, 0.15) is 37.3 Å². The van der Waals surface area contributed by atoms with Gasteiger partial charge in [-0.2, -0.15) is 0 Å². The second-order valence-corrected chi connectivity index (χ2v) is 6.70. The Hall–Kier alpha value is -1.64. The number of aliphatic hydroxyl groups is 1. The fraction of sp³-hybridized carbons (Fsp3) is 0.455. The van der Waals surface area contributed by atoms with Gasteiger partial charge in [-0.15, -0.1) is 0 Å². The van der Waals surface area contributed by atoms with E-state index in [-0.39, 0.29) is 6.10 Å². The SMILES string of the molecule is CC(CCCc1ccccc1)COCC(O)CCc1ccccc1. The molecule has 0 aliphatic rings. The van der Waals surface area contributed by atoms with Crippen LogP contribution in [0.15, 0.2) is 60.7 Å². The molecule has 0 saturated heterocycles. The zero-order chi connectivity index (χ0) is 17.0. The minimum absolute atomic E-state index is 0.373. The van der Waals surface area contributed by atoms with Crippen LogP contribution in [-0.2, 0) is 17.6 Å². The number of aryl methyl sites for hydroxylation is 2. The first-order valence-corrected chi connectivity index (χ1v) is 9.07. The van der Waals surface area contributed by atoms with Gasteiger partial charge >= 0.3 is 0 Å². The van der Waals surface area contributed by atoms with Gasteiger partial charge in [0.25, 0.3) is 0 Å². The Balaban J connectivity index is 1.51. The standard InChI is InChI=1S/C22H30O2/c1-19(9-8-14-20-10-4-2-5-11-20)17-24-18-22(23)16-15-21-12-6-3-7-13-21/h2-7,10-13,19,22-23H,8-9,14-18H2,1H3. The summed E-state index contributed by atoms with van der Waals surface area (Å²) in [5.74, 6) is 0.537. The Labute approximate surface area is 146 Å². The van der Waals surface area contributed by atoms with Crippen LogP contribution in [0.3, 0.4) is 0 Å². The minimum Gasteiger partial charge on any atom is -0.391 e. The predicted octanol–water partition coefficient (Wildman–Crippen LogP) is 4.66. The van der Waals surface area contributed by atoms with Crippen molar-refractivity contribution in [1.82, 2.24) is 0 Å². The zero-order valence-electron chi connectivity index (χ0n) is 14.7. The maximum Gasteiger partial charge on any atom is 0.0776 e. The minimum atomic E-state index is -0.373. The monoisotopic (exact) mass is 326 g/mol. The number of aliphatic hydroxyl groups excluding tert-OH is 1. The second kappa shape index (κ2) is 11.0. The lowest BCUT2D eigenvalue weighted by atomic mass is 10.0. The van der Waals surface area contributed by atoms with Crippen LogP contribution in [0.5, 0.6) is 0 Å². The molecule has 2 nitrogen and oxygen atoms in total. The average molecular weight is 326 g/mol. The second-order valence-electron chi connectivity index (χ2n) is 6.70. The topological polar surface area (TPSA) is 29.5 Å². The van der Waals surface area contributed by atoms with Crippen molar-refractivity contribution >= 4 is 0 Å². The van der Waals surface area contributed by atoms with Gasteiger partial charge in [0, 0.05) is 6.61 Å². The molecule has 0 saturated carbocycles. The smallest absolute Gasteiger partial charge is 0.0776 e. The third-order valence-corrected chi connectivity index (χ3v) is 4.33. The van der Waals surface area contributed by atoms with Crippen LogP contribution >= 0.6 is 0 Å². The van der Waals surface area contributed by atoms with E-state index in [2.05, 4.69) is 49.4 Å². The van der Waals surface area contributed by atoms with Gasteiger partial charge in [0.15, 0.2) is 0 Å². The van der Waals surface area contributed by atoms with Crippen molar-refractivity contribution in [3.8, 4) is 0 Å². The predicted molar refractivity (Wildman–Crippen MR) is 100 cm³/mol. The molecular weight excluding hydrogens is 296 g/mol. The van der Waals surface area contributed by atoms with E-state index in [4.69, 9.17) is 4.74 Å². The van der Waals surface area contributed by atoms with E-state index in [1.165, 1.54) is 17.5 Å². The summed E-state index contributed by atoms with van der Waals surface area (Å²) in [6.07, 6.45) is 4.76. The summed E-state index contributed by atoms with van der Waals surface area (Å²) in [4.78, 5) is 0. The van der Waals surface area contributed by atoms with Gasteiger partial charge in [-0.3, -0.25) is 0 Å². The average Bonchev–Trinajstić information content (AvgIpc) is 2.62. The molecule has 0 aromatic heterocycles. The van der Waals surface area contributed by atoms with Gasteiger partial charge < -0.3 is 9.84 Å². The van der Waals surface area contributed by atoms with Crippen LogP contribution in [0, 0.1) is 5.92 Å². The van der Waals surface area contributed by atoms with E-state index < -0.39 is 0 Å². The van der Waals surface area contributed by atoms with E-state index in [1.54, 1.807) is 0 Å². The van der Waals surface area contributed by atoms with Crippen LogP contribution in [0.25, 0.3) is 0 Å². The molecule has 0 spiro atoms. The van der Waals surface area contributed by atoms with E-state index in [9.17, 15) is 5.11 Å². The molecule has 0 bridgehead atoms. The summed E-state index contributed by atoms with van der Waals surface area (Å²) in [6.45, 7) is 3.40. The molecule has 2 aromatic rings. The summed E-state index contributed by atoms with van der Waals surface area (Å²) in [5, 5.41) is 10.0. The summed E-state index contributed by atoms with van der Waals surface area (Å²) in [7, 11) is 0. The van der Waals surface area contributed by atoms with Crippen LogP contribution in [0.2, 0.25) is 0 Å². The Morgan fingerprint density at radius 3 is 2.00 bits per heavy atom. The molecular formula is C22H30O2. The first kappa shape index (κ1) is 18.7. The quantitative estimate of drug-likeness (QED) is 0.651. The highest BCUT2D eigenvalue weighted by Crippen LogP contribution is 2.11. The lowest BCUT2D eigenvalue weighted by Crippen LogP contribution is -2.18. The van der Waals surface area contributed by atoms with Gasteiger partial charge in [0.1, 0.15) is 0 Å². The van der Waals surface area contributed by atoms with Gasteiger partial charge in [-0.05, 0) is 49.1 Å². The molecule has 0 fully saturated rings. The summed E-state index contributed by atoms with van der Waals surface area (Å²) >= 11 is 0. The number of benzene rings is 2. The number of ether oxygens (including phenoxy) is 1. The van der Waals surface area contributed by atoms with Crippen molar-refractivity contribution < 1.29 is 9.84 Å². The fourth-order valence-electron chi connectivity index (χ4n) is 2.85. The Bertz CT molecular complexity index is 538. The molecule has 24 heavy (non-hydrogen) atoms. The summed E-state index contributed by atoms with van der Waals surface area (Å²) < 4.78 is 5.70. The Morgan fingerprint density at radius 1 is 0.792 bits per heavy atom. The van der Waals surface area contributed by atoms with Crippen molar-refractivity contribution in [2.24, 2.45) is 5.92 Å². The highest BCUT2D eigenvalue weighted by Gasteiger charge is 2.07. The van der Waals surface area contributed by atoms with E-state index in [0.29, 0.717) is 12.5 Å². The van der Waals surface area contributed by atoms with Gasteiger partial charge in [0.2, 0.25) is 0 Å². The Morgan fingerprint density at radius 2 is 1.38 bits per heavy atom. The molecule has 2 heteroatoms. The largest absolute Gasteiger partial charge is 0.391 e. The molecule has 2 aromatic carbocycles. The van der Waals surface area contributed by atoms with E-state index in [1.807, 2.05) is 18.2 Å². The van der Waals surface area contributed by atoms with Crippen molar-refractivity contribution in [3.63, 3.8) is 0 Å². The zero-order valence-corrected chi connectivity index (χ0v) is 14.7. The maximum absolute atomic E-state index is 10.0. The maximum atomic E-state index is 10.0. The molecule has 0 heterocycles. The van der Waals surface area contributed by atoms with Crippen LogP contribution < -0.4 is 0 Å². The van der Waals surface area contributed by atoms with Gasteiger partial charge in [-0.1, -0.05) is 67.6 Å². The normalized spacial score (nSPS) is 13.6. The molecule has 2 rings (SSSR count). The Kier molecular flexibility index (Phi) is 8.58. The van der Waals surface area contributed by atoms with Crippen molar-refractivity contribution in [1.29, 1.82) is 0 Å². The van der Waals surface area contributed by atoms with Crippen molar-refractivity contribution in [3.05, 3.63) is 71.8 Å². The number of hydrogen-bond acceptors (Lipinski definition) is 2. The lowest BCUT2D eigenvalue weighted by molar-refractivity contribution is 0.0188. The summed E-state index contributed by atoms with van der Waals surface area (Å²) in [6, 6.07) is 20.9. The molecule has 130 valence electrons. The third kappa shape index (κ3) is 7.76. The number of hydrogen-bond donors (Lipinski definition) is 1. The van der Waals surface area contributed by atoms with E-state index >= 15 is 0 Å². The molecule has 1 N–H and O–H groups in total. The molecule has 2 unspecified atom stereocenters. The van der Waals surface area contributed by atoms with Gasteiger partial charge in [-0.25, -0.2) is 0 Å². The molecule has 0 aliphatic carbocycles. The molecule has 2 atom stereocenters.